The summed E-state index contributed by atoms with van der Waals surface area (Å²) in [6.07, 6.45) is -7.82. The number of aryl methyl sites for hydroxylation is 1. The number of rotatable bonds is 6. The molecule has 2 rings (SSSR count). The summed E-state index contributed by atoms with van der Waals surface area (Å²) in [5.41, 5.74) is -0.424. The molecule has 1 N–H and O–H groups in total. The summed E-state index contributed by atoms with van der Waals surface area (Å²) < 4.78 is 83.0. The summed E-state index contributed by atoms with van der Waals surface area (Å²) >= 11 is 1.11. The number of carbonyl (C=O) groups excluding carboxylic acids is 1. The number of carbonyl (C=O) groups is 1. The largest absolute Gasteiger partial charge is 0.484 e. The van der Waals surface area contributed by atoms with Gasteiger partial charge >= 0.3 is 12.4 Å². The Balaban J connectivity index is 2.25. The van der Waals surface area contributed by atoms with Gasteiger partial charge < -0.3 is 9.47 Å². The zero-order valence-corrected chi connectivity index (χ0v) is 14.4. The van der Waals surface area contributed by atoms with E-state index in [1.54, 1.807) is 6.92 Å². The lowest BCUT2D eigenvalue weighted by Gasteiger charge is -2.15. The fraction of sp³-hybridized carbons (Fsp3) is 0.333. The molecule has 1 aromatic heterocycles. The number of ether oxygens (including phenoxy) is 2. The summed E-state index contributed by atoms with van der Waals surface area (Å²) in [7, 11) is 0. The standard InChI is InChI=1S/C15H12F6N2O3S/c1-8-5-22-13(27-8)23-12(24)10-4-9(25-6-14(16,17)18)2-3-11(10)26-7-15(19,20)21/h2-5H,6-7H2,1H3,(H,22,23,24). The predicted molar refractivity (Wildman–Crippen MR) is 84.3 cm³/mol. The van der Waals surface area contributed by atoms with Crippen LogP contribution in [0.25, 0.3) is 0 Å². The molecule has 0 atom stereocenters. The van der Waals surface area contributed by atoms with Gasteiger partial charge in [0.1, 0.15) is 11.5 Å². The van der Waals surface area contributed by atoms with E-state index in [2.05, 4.69) is 19.8 Å². The normalized spacial score (nSPS) is 12.0. The first-order valence-electron chi connectivity index (χ1n) is 7.20. The van der Waals surface area contributed by atoms with Crippen molar-refractivity contribution in [1.29, 1.82) is 0 Å². The van der Waals surface area contributed by atoms with E-state index in [9.17, 15) is 31.1 Å². The van der Waals surface area contributed by atoms with Crippen molar-refractivity contribution in [1.82, 2.24) is 4.98 Å². The van der Waals surface area contributed by atoms with Crippen LogP contribution in [-0.4, -0.2) is 36.5 Å². The number of nitrogens with zero attached hydrogens (tertiary/aromatic N) is 1. The Morgan fingerprint density at radius 2 is 1.74 bits per heavy atom. The third-order valence-electron chi connectivity index (χ3n) is 2.83. The summed E-state index contributed by atoms with van der Waals surface area (Å²) in [4.78, 5) is 17.0. The lowest BCUT2D eigenvalue weighted by atomic mass is 10.1. The Labute approximate surface area is 152 Å². The molecule has 148 valence electrons. The number of aromatic nitrogens is 1. The molecule has 5 nitrogen and oxygen atoms in total. The van der Waals surface area contributed by atoms with E-state index in [1.165, 1.54) is 6.20 Å². The molecule has 1 amide bonds. The van der Waals surface area contributed by atoms with Crippen LogP contribution in [0.15, 0.2) is 24.4 Å². The van der Waals surface area contributed by atoms with Crippen molar-refractivity contribution >= 4 is 22.4 Å². The van der Waals surface area contributed by atoms with Crippen molar-refractivity contribution in [3.8, 4) is 11.5 Å². The molecule has 12 heteroatoms. The van der Waals surface area contributed by atoms with Gasteiger partial charge in [-0.15, -0.1) is 11.3 Å². The van der Waals surface area contributed by atoms with Crippen LogP contribution in [-0.2, 0) is 0 Å². The molecule has 0 aliphatic heterocycles. The Hall–Kier alpha value is -2.50. The number of hydrogen-bond donors (Lipinski definition) is 1. The van der Waals surface area contributed by atoms with Crippen LogP contribution in [0.1, 0.15) is 15.2 Å². The summed E-state index contributed by atoms with van der Waals surface area (Å²) in [6, 6.07) is 2.77. The van der Waals surface area contributed by atoms with E-state index in [-0.39, 0.29) is 10.9 Å². The first-order valence-corrected chi connectivity index (χ1v) is 8.01. The highest BCUT2D eigenvalue weighted by Crippen LogP contribution is 2.29. The first kappa shape index (κ1) is 20.8. The van der Waals surface area contributed by atoms with Gasteiger partial charge in [-0.05, 0) is 25.1 Å². The average molecular weight is 414 g/mol. The van der Waals surface area contributed by atoms with Gasteiger partial charge in [-0.25, -0.2) is 4.98 Å². The smallest absolute Gasteiger partial charge is 0.422 e. The van der Waals surface area contributed by atoms with Crippen molar-refractivity contribution in [2.24, 2.45) is 0 Å². The predicted octanol–water partition coefficient (Wildman–Crippen LogP) is 4.59. The van der Waals surface area contributed by atoms with Gasteiger partial charge in [0.25, 0.3) is 5.91 Å². The van der Waals surface area contributed by atoms with E-state index >= 15 is 0 Å². The van der Waals surface area contributed by atoms with Gasteiger partial charge in [-0.1, -0.05) is 0 Å². The fourth-order valence-electron chi connectivity index (χ4n) is 1.80. The van der Waals surface area contributed by atoms with Gasteiger partial charge in [0, 0.05) is 11.1 Å². The second-order valence-corrected chi connectivity index (χ2v) is 6.43. The van der Waals surface area contributed by atoms with Gasteiger partial charge in [-0.2, -0.15) is 26.3 Å². The highest BCUT2D eigenvalue weighted by Gasteiger charge is 2.30. The van der Waals surface area contributed by atoms with Crippen molar-refractivity contribution < 1.29 is 40.6 Å². The number of thiazole rings is 1. The van der Waals surface area contributed by atoms with Gasteiger partial charge in [0.2, 0.25) is 0 Å². The molecule has 0 saturated heterocycles. The van der Waals surface area contributed by atoms with Crippen LogP contribution in [0, 0.1) is 6.92 Å². The van der Waals surface area contributed by atoms with Crippen molar-refractivity contribution in [2.75, 3.05) is 18.5 Å². The van der Waals surface area contributed by atoms with Crippen LogP contribution in [0.4, 0.5) is 31.5 Å². The van der Waals surface area contributed by atoms with E-state index < -0.39 is 42.8 Å². The van der Waals surface area contributed by atoms with Gasteiger partial charge in [-0.3, -0.25) is 10.1 Å². The van der Waals surface area contributed by atoms with E-state index in [0.717, 1.165) is 34.4 Å². The molecule has 0 spiro atoms. The lowest BCUT2D eigenvalue weighted by molar-refractivity contribution is -0.154. The Morgan fingerprint density at radius 1 is 1.11 bits per heavy atom. The Bertz CT molecular complexity index is 804. The van der Waals surface area contributed by atoms with Crippen LogP contribution in [0.5, 0.6) is 11.5 Å². The number of halogens is 6. The molecule has 0 bridgehead atoms. The first-order chi connectivity index (χ1) is 12.4. The third-order valence-corrected chi connectivity index (χ3v) is 3.66. The van der Waals surface area contributed by atoms with E-state index in [0.29, 0.717) is 0 Å². The lowest BCUT2D eigenvalue weighted by Crippen LogP contribution is -2.22. The molecule has 1 heterocycles. The quantitative estimate of drug-likeness (QED) is 0.703. The number of nitrogens with one attached hydrogen (secondary N) is 1. The number of amides is 1. The van der Waals surface area contributed by atoms with Crippen LogP contribution < -0.4 is 14.8 Å². The summed E-state index contributed by atoms with van der Waals surface area (Å²) in [5.74, 6) is -1.72. The molecule has 0 saturated carbocycles. The zero-order valence-electron chi connectivity index (χ0n) is 13.6. The molecule has 0 aliphatic rings. The van der Waals surface area contributed by atoms with Crippen LogP contribution in [0.3, 0.4) is 0 Å². The molecule has 0 unspecified atom stereocenters. The van der Waals surface area contributed by atoms with Crippen molar-refractivity contribution in [3.05, 3.63) is 34.8 Å². The van der Waals surface area contributed by atoms with E-state index in [4.69, 9.17) is 0 Å². The Morgan fingerprint density at radius 3 is 2.30 bits per heavy atom. The second-order valence-electron chi connectivity index (χ2n) is 5.20. The van der Waals surface area contributed by atoms with Crippen LogP contribution >= 0.6 is 11.3 Å². The topological polar surface area (TPSA) is 60.5 Å². The fourth-order valence-corrected chi connectivity index (χ4v) is 2.46. The minimum Gasteiger partial charge on any atom is -0.484 e. The summed E-state index contributed by atoms with van der Waals surface area (Å²) in [6.45, 7) is -1.58. The maximum absolute atomic E-state index is 12.4. The maximum atomic E-state index is 12.4. The SMILES string of the molecule is Cc1cnc(NC(=O)c2cc(OCC(F)(F)F)ccc2OCC(F)(F)F)s1. The molecule has 0 aliphatic carbocycles. The number of anilines is 1. The molecule has 1 aromatic carbocycles. The molecule has 2 aromatic rings. The highest BCUT2D eigenvalue weighted by atomic mass is 32.1. The molecule has 0 radical (unpaired) electrons. The van der Waals surface area contributed by atoms with Crippen molar-refractivity contribution in [3.63, 3.8) is 0 Å². The van der Waals surface area contributed by atoms with Gasteiger partial charge in [0.05, 0.1) is 5.56 Å². The maximum Gasteiger partial charge on any atom is 0.422 e. The van der Waals surface area contributed by atoms with Crippen LogP contribution in [0.2, 0.25) is 0 Å². The molecular formula is C15H12F6N2O3S. The Kier molecular flexibility index (Phi) is 6.19. The van der Waals surface area contributed by atoms with Crippen molar-refractivity contribution in [2.45, 2.75) is 19.3 Å². The molecular weight excluding hydrogens is 402 g/mol. The summed E-state index contributed by atoms with van der Waals surface area (Å²) in [5, 5.41) is 2.51. The van der Waals surface area contributed by atoms with Gasteiger partial charge in [0.15, 0.2) is 18.3 Å². The average Bonchev–Trinajstić information content (AvgIpc) is 2.94. The molecule has 0 fully saturated rings. The highest BCUT2D eigenvalue weighted by molar-refractivity contribution is 7.15. The minimum absolute atomic E-state index is 0.167. The minimum atomic E-state index is -4.66. The number of benzene rings is 1. The second kappa shape index (κ2) is 8.03. The number of alkyl halides is 6. The van der Waals surface area contributed by atoms with E-state index in [1.807, 2.05) is 0 Å². The number of hydrogen-bond acceptors (Lipinski definition) is 5. The molecule has 27 heavy (non-hydrogen) atoms. The zero-order chi connectivity index (χ0) is 20.2. The monoisotopic (exact) mass is 414 g/mol. The third kappa shape index (κ3) is 6.96.